The standard InChI is InChI=1S/C21H36N4O3/c1-2-6-18(26)14-24-9-11-25(12-10-24)15-20-23-19(16-28-20)21(27)22-13-17-7-4-3-5-8-17/h16-18,26H,2-15H2,1H3,(H,22,27). The summed E-state index contributed by atoms with van der Waals surface area (Å²) in [4.78, 5) is 21.3. The second kappa shape index (κ2) is 10.9. The molecule has 1 atom stereocenters. The molecule has 28 heavy (non-hydrogen) atoms. The van der Waals surface area contributed by atoms with Crippen molar-refractivity contribution in [2.45, 2.75) is 64.5 Å². The Hall–Kier alpha value is -1.44. The number of piperazine rings is 1. The van der Waals surface area contributed by atoms with Crippen LogP contribution in [0.1, 0.15) is 68.2 Å². The van der Waals surface area contributed by atoms with Gasteiger partial charge in [0.25, 0.3) is 5.91 Å². The quantitative estimate of drug-likeness (QED) is 0.671. The number of carbonyl (C=O) groups excluding carboxylic acids is 1. The molecule has 1 aromatic heterocycles. The Labute approximate surface area is 168 Å². The summed E-state index contributed by atoms with van der Waals surface area (Å²) >= 11 is 0. The minimum Gasteiger partial charge on any atom is -0.447 e. The van der Waals surface area contributed by atoms with E-state index >= 15 is 0 Å². The molecule has 1 saturated carbocycles. The molecule has 1 unspecified atom stereocenters. The SMILES string of the molecule is CCCC(O)CN1CCN(Cc2nc(C(=O)NCC3CCCCC3)co2)CC1. The lowest BCUT2D eigenvalue weighted by Gasteiger charge is -2.34. The summed E-state index contributed by atoms with van der Waals surface area (Å²) in [7, 11) is 0. The van der Waals surface area contributed by atoms with E-state index < -0.39 is 0 Å². The first-order valence-electron chi connectivity index (χ1n) is 11.0. The molecule has 0 radical (unpaired) electrons. The fourth-order valence-electron chi connectivity index (χ4n) is 4.25. The summed E-state index contributed by atoms with van der Waals surface area (Å²) in [6.07, 6.45) is 9.44. The molecule has 7 nitrogen and oxygen atoms in total. The third-order valence-electron chi connectivity index (χ3n) is 5.98. The highest BCUT2D eigenvalue weighted by atomic mass is 16.3. The lowest BCUT2D eigenvalue weighted by Crippen LogP contribution is -2.48. The summed E-state index contributed by atoms with van der Waals surface area (Å²) in [5.74, 6) is 1.08. The topological polar surface area (TPSA) is 81.8 Å². The number of hydrogen-bond acceptors (Lipinski definition) is 6. The zero-order valence-electron chi connectivity index (χ0n) is 17.2. The Morgan fingerprint density at radius 2 is 1.96 bits per heavy atom. The van der Waals surface area contributed by atoms with Crippen molar-refractivity contribution >= 4 is 5.91 Å². The van der Waals surface area contributed by atoms with Crippen molar-refractivity contribution in [3.05, 3.63) is 17.8 Å². The summed E-state index contributed by atoms with van der Waals surface area (Å²) in [6, 6.07) is 0. The Balaban J connectivity index is 1.38. The van der Waals surface area contributed by atoms with Gasteiger partial charge in [0.2, 0.25) is 5.89 Å². The first-order valence-corrected chi connectivity index (χ1v) is 11.0. The molecule has 2 aliphatic rings. The molecule has 1 amide bonds. The lowest BCUT2D eigenvalue weighted by molar-refractivity contribution is 0.0634. The van der Waals surface area contributed by atoms with Gasteiger partial charge in [0.1, 0.15) is 6.26 Å². The van der Waals surface area contributed by atoms with E-state index in [0.29, 0.717) is 24.0 Å². The first-order chi connectivity index (χ1) is 13.6. The predicted molar refractivity (Wildman–Crippen MR) is 108 cm³/mol. The molecule has 0 bridgehead atoms. The number of aliphatic hydroxyl groups is 1. The number of amides is 1. The van der Waals surface area contributed by atoms with Crippen molar-refractivity contribution in [3.63, 3.8) is 0 Å². The number of rotatable bonds is 9. The molecule has 2 heterocycles. The minimum absolute atomic E-state index is 0.129. The van der Waals surface area contributed by atoms with Crippen molar-refractivity contribution in [1.82, 2.24) is 20.1 Å². The van der Waals surface area contributed by atoms with E-state index in [9.17, 15) is 9.90 Å². The monoisotopic (exact) mass is 392 g/mol. The van der Waals surface area contributed by atoms with Gasteiger partial charge in [-0.3, -0.25) is 14.6 Å². The van der Waals surface area contributed by atoms with Crippen LogP contribution in [0, 0.1) is 5.92 Å². The van der Waals surface area contributed by atoms with E-state index in [1.54, 1.807) is 0 Å². The Morgan fingerprint density at radius 3 is 2.68 bits per heavy atom. The minimum atomic E-state index is -0.224. The second-order valence-electron chi connectivity index (χ2n) is 8.36. The van der Waals surface area contributed by atoms with E-state index in [4.69, 9.17) is 4.42 Å². The average molecular weight is 393 g/mol. The van der Waals surface area contributed by atoms with Crippen LogP contribution in [0.5, 0.6) is 0 Å². The van der Waals surface area contributed by atoms with Crippen LogP contribution >= 0.6 is 0 Å². The number of nitrogens with one attached hydrogen (secondary N) is 1. The van der Waals surface area contributed by atoms with Gasteiger partial charge in [-0.2, -0.15) is 0 Å². The third kappa shape index (κ3) is 6.57. The number of hydrogen-bond donors (Lipinski definition) is 2. The van der Waals surface area contributed by atoms with Crippen LogP contribution in [0.15, 0.2) is 10.7 Å². The maximum absolute atomic E-state index is 12.3. The van der Waals surface area contributed by atoms with Crippen molar-refractivity contribution in [1.29, 1.82) is 0 Å². The number of aliphatic hydroxyl groups excluding tert-OH is 1. The Kier molecular flexibility index (Phi) is 8.30. The third-order valence-corrected chi connectivity index (χ3v) is 5.98. The maximum atomic E-state index is 12.3. The van der Waals surface area contributed by atoms with Gasteiger partial charge < -0.3 is 14.8 Å². The zero-order valence-corrected chi connectivity index (χ0v) is 17.2. The smallest absolute Gasteiger partial charge is 0.273 e. The summed E-state index contributed by atoms with van der Waals surface area (Å²) in [5, 5.41) is 13.0. The summed E-state index contributed by atoms with van der Waals surface area (Å²) in [6.45, 7) is 7.95. The largest absolute Gasteiger partial charge is 0.447 e. The molecule has 1 aliphatic carbocycles. The number of β-amino-alcohol motifs (C(OH)–C–C–N with tert-alkyl or cyclic N) is 1. The van der Waals surface area contributed by atoms with Gasteiger partial charge in [-0.1, -0.05) is 32.6 Å². The van der Waals surface area contributed by atoms with Crippen LogP contribution in [-0.2, 0) is 6.54 Å². The van der Waals surface area contributed by atoms with Gasteiger partial charge in [0.15, 0.2) is 5.69 Å². The van der Waals surface area contributed by atoms with Gasteiger partial charge in [-0.15, -0.1) is 0 Å². The predicted octanol–water partition coefficient (Wildman–Crippen LogP) is 2.26. The van der Waals surface area contributed by atoms with Gasteiger partial charge in [-0.25, -0.2) is 4.98 Å². The van der Waals surface area contributed by atoms with E-state index in [2.05, 4.69) is 27.0 Å². The molecule has 1 aliphatic heterocycles. The van der Waals surface area contributed by atoms with Crippen LogP contribution in [0.2, 0.25) is 0 Å². The molecular formula is C21H36N4O3. The van der Waals surface area contributed by atoms with Gasteiger partial charge >= 0.3 is 0 Å². The van der Waals surface area contributed by atoms with Crippen molar-refractivity contribution < 1.29 is 14.3 Å². The highest BCUT2D eigenvalue weighted by Gasteiger charge is 2.21. The van der Waals surface area contributed by atoms with Crippen molar-refractivity contribution in [3.8, 4) is 0 Å². The maximum Gasteiger partial charge on any atom is 0.273 e. The molecule has 0 spiro atoms. The molecule has 2 N–H and O–H groups in total. The van der Waals surface area contributed by atoms with Gasteiger partial charge in [0, 0.05) is 39.3 Å². The van der Waals surface area contributed by atoms with Crippen molar-refractivity contribution in [2.75, 3.05) is 39.3 Å². The average Bonchev–Trinajstić information content (AvgIpc) is 3.17. The van der Waals surface area contributed by atoms with E-state index in [-0.39, 0.29) is 12.0 Å². The van der Waals surface area contributed by atoms with E-state index in [1.165, 1.54) is 38.4 Å². The van der Waals surface area contributed by atoms with Crippen LogP contribution in [0.3, 0.4) is 0 Å². The first kappa shape index (κ1) is 21.3. The van der Waals surface area contributed by atoms with Crippen LogP contribution < -0.4 is 5.32 Å². The molecule has 0 aromatic carbocycles. The molecule has 158 valence electrons. The fourth-order valence-corrected chi connectivity index (χ4v) is 4.25. The Morgan fingerprint density at radius 1 is 1.25 bits per heavy atom. The highest BCUT2D eigenvalue weighted by molar-refractivity contribution is 5.91. The molecular weight excluding hydrogens is 356 g/mol. The number of oxazole rings is 1. The molecule has 1 saturated heterocycles. The molecule has 7 heteroatoms. The normalized spacial score (nSPS) is 20.9. The molecule has 1 aromatic rings. The van der Waals surface area contributed by atoms with Crippen molar-refractivity contribution in [2.24, 2.45) is 5.92 Å². The fraction of sp³-hybridized carbons (Fsp3) is 0.810. The van der Waals surface area contributed by atoms with E-state index in [0.717, 1.165) is 52.1 Å². The van der Waals surface area contributed by atoms with Crippen LogP contribution in [0.25, 0.3) is 0 Å². The second-order valence-corrected chi connectivity index (χ2v) is 8.36. The number of nitrogens with zero attached hydrogens (tertiary/aromatic N) is 3. The zero-order chi connectivity index (χ0) is 19.8. The number of aromatic nitrogens is 1. The van der Waals surface area contributed by atoms with Gasteiger partial charge in [-0.05, 0) is 25.2 Å². The number of carbonyl (C=O) groups is 1. The molecule has 2 fully saturated rings. The lowest BCUT2D eigenvalue weighted by atomic mass is 9.89. The van der Waals surface area contributed by atoms with E-state index in [1.807, 2.05) is 0 Å². The Bertz CT molecular complexity index is 592. The van der Waals surface area contributed by atoms with Crippen LogP contribution in [0.4, 0.5) is 0 Å². The van der Waals surface area contributed by atoms with Crippen LogP contribution in [-0.4, -0.2) is 71.2 Å². The summed E-state index contributed by atoms with van der Waals surface area (Å²) < 4.78 is 5.54. The summed E-state index contributed by atoms with van der Waals surface area (Å²) in [5.41, 5.74) is 0.382. The molecule has 3 rings (SSSR count). The highest BCUT2D eigenvalue weighted by Crippen LogP contribution is 2.22. The van der Waals surface area contributed by atoms with Gasteiger partial charge in [0.05, 0.1) is 12.6 Å².